The third kappa shape index (κ3) is 4.95. The van der Waals surface area contributed by atoms with Crippen LogP contribution in [0.2, 0.25) is 0 Å². The summed E-state index contributed by atoms with van der Waals surface area (Å²) >= 11 is 0. The molecule has 2 aliphatic rings. The molecule has 1 fully saturated rings. The van der Waals surface area contributed by atoms with Crippen molar-refractivity contribution in [1.82, 2.24) is 19.2 Å². The Kier molecular flexibility index (Phi) is 6.59. The van der Waals surface area contributed by atoms with Crippen LogP contribution in [-0.4, -0.2) is 74.5 Å². The van der Waals surface area contributed by atoms with E-state index in [2.05, 4.69) is 16.8 Å². The first kappa shape index (κ1) is 23.5. The minimum atomic E-state index is -3.65. The lowest BCUT2D eigenvalue weighted by atomic mass is 10.1. The molecule has 0 atom stereocenters. The molecule has 0 saturated carbocycles. The Labute approximate surface area is 206 Å². The van der Waals surface area contributed by atoms with Gasteiger partial charge in [0.2, 0.25) is 21.9 Å². The highest BCUT2D eigenvalue weighted by atomic mass is 32.2. The van der Waals surface area contributed by atoms with Crippen LogP contribution in [0.5, 0.6) is 17.4 Å². The van der Waals surface area contributed by atoms with E-state index in [1.165, 1.54) is 4.31 Å². The molecule has 184 valence electrons. The highest BCUT2D eigenvalue weighted by Crippen LogP contribution is 2.34. The molecule has 0 unspecified atom stereocenters. The second-order valence-electron chi connectivity index (χ2n) is 8.72. The summed E-state index contributed by atoms with van der Waals surface area (Å²) < 4.78 is 39.6. The molecular weight excluding hydrogens is 466 g/mol. The third-order valence-corrected chi connectivity index (χ3v) is 8.28. The van der Waals surface area contributed by atoms with Crippen molar-refractivity contribution < 1.29 is 17.9 Å². The largest absolute Gasteiger partial charge is 0.497 e. The molecule has 0 radical (unpaired) electrons. The van der Waals surface area contributed by atoms with Gasteiger partial charge in [-0.3, -0.25) is 0 Å². The minimum absolute atomic E-state index is 0.154. The van der Waals surface area contributed by atoms with Gasteiger partial charge in [-0.15, -0.1) is 0 Å². The Bertz CT molecular complexity index is 1280. The van der Waals surface area contributed by atoms with Crippen molar-refractivity contribution in [2.75, 3.05) is 51.8 Å². The standard InChI is InChI=1S/C25H29N5O4S/c1-28-14-16-29(17-15-28)25-26-23-12-13-30(35(31,32)21-6-4-3-5-7-21)18-22(23)24(27-25)34-20-10-8-19(33-2)9-11-20/h3-11H,12-18H2,1-2H3. The number of hydrogen-bond acceptors (Lipinski definition) is 8. The van der Waals surface area contributed by atoms with Crippen LogP contribution in [0.15, 0.2) is 59.5 Å². The maximum Gasteiger partial charge on any atom is 0.243 e. The summed E-state index contributed by atoms with van der Waals surface area (Å²) in [4.78, 5) is 14.3. The van der Waals surface area contributed by atoms with Gasteiger partial charge in [-0.25, -0.2) is 13.4 Å². The van der Waals surface area contributed by atoms with Gasteiger partial charge in [0, 0.05) is 45.7 Å². The molecule has 0 bridgehead atoms. The summed E-state index contributed by atoms with van der Waals surface area (Å²) in [5, 5.41) is 0. The molecule has 35 heavy (non-hydrogen) atoms. The van der Waals surface area contributed by atoms with Gasteiger partial charge >= 0.3 is 0 Å². The van der Waals surface area contributed by atoms with Crippen LogP contribution in [-0.2, 0) is 23.0 Å². The molecule has 10 heteroatoms. The van der Waals surface area contributed by atoms with E-state index in [9.17, 15) is 8.42 Å². The first-order valence-corrected chi connectivity index (χ1v) is 13.1. The molecule has 0 aliphatic carbocycles. The Hall–Kier alpha value is -3.21. The Morgan fingerprint density at radius 2 is 1.54 bits per heavy atom. The van der Waals surface area contributed by atoms with Crippen molar-refractivity contribution in [2.24, 2.45) is 0 Å². The minimum Gasteiger partial charge on any atom is -0.497 e. The molecule has 0 spiro atoms. The summed E-state index contributed by atoms with van der Waals surface area (Å²) in [7, 11) is 0.0637. The van der Waals surface area contributed by atoms with Crippen LogP contribution < -0.4 is 14.4 Å². The Morgan fingerprint density at radius 1 is 0.857 bits per heavy atom. The highest BCUT2D eigenvalue weighted by Gasteiger charge is 2.32. The number of hydrogen-bond donors (Lipinski definition) is 0. The van der Waals surface area contributed by atoms with Crippen molar-refractivity contribution in [2.45, 2.75) is 17.9 Å². The number of sulfonamides is 1. The third-order valence-electron chi connectivity index (χ3n) is 6.42. The topological polar surface area (TPSA) is 88.1 Å². The lowest BCUT2D eigenvalue weighted by Crippen LogP contribution is -2.45. The number of benzene rings is 2. The van der Waals surface area contributed by atoms with Gasteiger partial charge in [-0.2, -0.15) is 9.29 Å². The molecule has 2 aliphatic heterocycles. The fourth-order valence-corrected chi connectivity index (χ4v) is 5.71. The van der Waals surface area contributed by atoms with Crippen molar-refractivity contribution in [3.63, 3.8) is 0 Å². The lowest BCUT2D eigenvalue weighted by Gasteiger charge is -2.34. The number of ether oxygens (including phenoxy) is 2. The molecule has 2 aromatic carbocycles. The first-order valence-electron chi connectivity index (χ1n) is 11.6. The number of fused-ring (bicyclic) bond motifs is 1. The zero-order valence-electron chi connectivity index (χ0n) is 19.9. The van der Waals surface area contributed by atoms with Crippen LogP contribution >= 0.6 is 0 Å². The monoisotopic (exact) mass is 495 g/mol. The molecule has 3 aromatic rings. The summed E-state index contributed by atoms with van der Waals surface area (Å²) in [6, 6.07) is 15.8. The highest BCUT2D eigenvalue weighted by molar-refractivity contribution is 7.89. The van der Waals surface area contributed by atoms with E-state index in [-0.39, 0.29) is 11.4 Å². The molecular formula is C25H29N5O4S. The van der Waals surface area contributed by atoms with Gasteiger partial charge in [0.25, 0.3) is 0 Å². The predicted octanol–water partition coefficient (Wildman–Crippen LogP) is 2.78. The van der Waals surface area contributed by atoms with Gasteiger partial charge in [-0.1, -0.05) is 18.2 Å². The molecule has 3 heterocycles. The second-order valence-corrected chi connectivity index (χ2v) is 10.7. The number of rotatable bonds is 6. The smallest absolute Gasteiger partial charge is 0.243 e. The van der Waals surface area contributed by atoms with Crippen LogP contribution in [0.4, 0.5) is 5.95 Å². The molecule has 0 N–H and O–H groups in total. The average molecular weight is 496 g/mol. The first-order chi connectivity index (χ1) is 16.9. The van der Waals surface area contributed by atoms with Crippen LogP contribution in [0.3, 0.4) is 0 Å². The fourth-order valence-electron chi connectivity index (χ4n) is 4.28. The second kappa shape index (κ2) is 9.80. The number of piperazine rings is 1. The summed E-state index contributed by atoms with van der Waals surface area (Å²) in [6.45, 7) is 4.01. The summed E-state index contributed by atoms with van der Waals surface area (Å²) in [6.07, 6.45) is 0.490. The van der Waals surface area contributed by atoms with Gasteiger partial charge in [0.1, 0.15) is 11.5 Å². The van der Waals surface area contributed by atoms with E-state index < -0.39 is 10.0 Å². The van der Waals surface area contributed by atoms with Gasteiger partial charge in [-0.05, 0) is 43.4 Å². The van der Waals surface area contributed by atoms with Crippen molar-refractivity contribution >= 4 is 16.0 Å². The molecule has 9 nitrogen and oxygen atoms in total. The number of nitrogens with zero attached hydrogens (tertiary/aromatic N) is 5. The summed E-state index contributed by atoms with van der Waals surface area (Å²) in [5.41, 5.74) is 1.53. The van der Waals surface area contributed by atoms with Gasteiger partial charge in [0.05, 0.1) is 23.3 Å². The van der Waals surface area contributed by atoms with Crippen molar-refractivity contribution in [3.8, 4) is 17.4 Å². The predicted molar refractivity (Wildman–Crippen MR) is 133 cm³/mol. The van der Waals surface area contributed by atoms with E-state index in [4.69, 9.17) is 19.4 Å². The van der Waals surface area contributed by atoms with Crippen LogP contribution in [0.25, 0.3) is 0 Å². The number of likely N-dealkylation sites (N-methyl/N-ethyl adjacent to an activating group) is 1. The molecule has 1 saturated heterocycles. The fraction of sp³-hybridized carbons (Fsp3) is 0.360. The Morgan fingerprint density at radius 3 is 2.23 bits per heavy atom. The summed E-state index contributed by atoms with van der Waals surface area (Å²) in [5.74, 6) is 2.33. The zero-order valence-corrected chi connectivity index (χ0v) is 20.7. The quantitative estimate of drug-likeness (QED) is 0.516. The van der Waals surface area contributed by atoms with Crippen molar-refractivity contribution in [1.29, 1.82) is 0 Å². The number of aromatic nitrogens is 2. The average Bonchev–Trinajstić information content (AvgIpc) is 2.89. The SMILES string of the molecule is COc1ccc(Oc2nc(N3CCN(C)CC3)nc3c2CN(S(=O)(=O)c2ccccc2)CC3)cc1. The molecule has 1 aromatic heterocycles. The zero-order chi connectivity index (χ0) is 24.4. The van der Waals surface area contributed by atoms with Crippen molar-refractivity contribution in [3.05, 3.63) is 65.9 Å². The molecule has 0 amide bonds. The number of anilines is 1. The molecule has 5 rings (SSSR count). The van der Waals surface area contributed by atoms with E-state index >= 15 is 0 Å². The van der Waals surface area contributed by atoms with Crippen LogP contribution in [0, 0.1) is 0 Å². The van der Waals surface area contributed by atoms with Crippen LogP contribution in [0.1, 0.15) is 11.3 Å². The maximum atomic E-state index is 13.3. The van der Waals surface area contributed by atoms with E-state index in [1.54, 1.807) is 37.4 Å². The lowest BCUT2D eigenvalue weighted by molar-refractivity contribution is 0.310. The van der Waals surface area contributed by atoms with E-state index in [0.717, 1.165) is 37.6 Å². The van der Waals surface area contributed by atoms with Gasteiger partial charge < -0.3 is 19.3 Å². The Balaban J connectivity index is 1.50. The van der Waals surface area contributed by atoms with Gasteiger partial charge in [0.15, 0.2) is 0 Å². The van der Waals surface area contributed by atoms with E-state index in [0.29, 0.717) is 36.1 Å². The normalized spacial score (nSPS) is 17.1. The maximum absolute atomic E-state index is 13.3. The van der Waals surface area contributed by atoms with E-state index in [1.807, 2.05) is 24.3 Å². The number of methoxy groups -OCH3 is 1.